The molecule has 4 N–H and O–H groups in total. The van der Waals surface area contributed by atoms with Crippen LogP contribution in [0.2, 0.25) is 0 Å². The Morgan fingerprint density at radius 3 is 2.89 bits per heavy atom. The van der Waals surface area contributed by atoms with E-state index >= 15 is 0 Å². The SMILES string of the molecule is CN=C(NCCc1c[nH]c2ccccc12)NCc1nc(-c2ccco2)n[nH]1.I. The van der Waals surface area contributed by atoms with Crippen molar-refractivity contribution in [3.8, 4) is 11.6 Å². The van der Waals surface area contributed by atoms with Gasteiger partial charge in [0.2, 0.25) is 5.82 Å². The van der Waals surface area contributed by atoms with Gasteiger partial charge in [-0.1, -0.05) is 18.2 Å². The summed E-state index contributed by atoms with van der Waals surface area (Å²) >= 11 is 0. The Balaban J connectivity index is 0.00000225. The monoisotopic (exact) mass is 491 g/mol. The molecule has 3 aromatic heterocycles. The summed E-state index contributed by atoms with van der Waals surface area (Å²) in [5.41, 5.74) is 2.44. The number of H-pyrrole nitrogens is 2. The summed E-state index contributed by atoms with van der Waals surface area (Å²) in [6.45, 7) is 1.26. The van der Waals surface area contributed by atoms with E-state index in [0.29, 0.717) is 29.9 Å². The van der Waals surface area contributed by atoms with Crippen molar-refractivity contribution in [1.82, 2.24) is 30.8 Å². The molecule has 0 radical (unpaired) electrons. The molecule has 0 saturated carbocycles. The lowest BCUT2D eigenvalue weighted by Crippen LogP contribution is -2.38. The van der Waals surface area contributed by atoms with E-state index in [9.17, 15) is 0 Å². The number of nitrogens with one attached hydrogen (secondary N) is 4. The van der Waals surface area contributed by atoms with Gasteiger partial charge >= 0.3 is 0 Å². The molecular weight excluding hydrogens is 469 g/mol. The number of rotatable bonds is 6. The number of aromatic amines is 2. The second kappa shape index (κ2) is 9.40. The molecule has 1 aromatic carbocycles. The van der Waals surface area contributed by atoms with Crippen molar-refractivity contribution >= 4 is 40.8 Å². The molecule has 0 fully saturated rings. The number of guanidine groups is 1. The number of furan rings is 1. The fourth-order valence-electron chi connectivity index (χ4n) is 2.93. The lowest BCUT2D eigenvalue weighted by molar-refractivity contribution is 0.577. The van der Waals surface area contributed by atoms with Crippen LogP contribution in [0.3, 0.4) is 0 Å². The third-order valence-corrected chi connectivity index (χ3v) is 4.28. The number of halogens is 1. The Morgan fingerprint density at radius 1 is 1.18 bits per heavy atom. The molecule has 0 amide bonds. The highest BCUT2D eigenvalue weighted by Gasteiger charge is 2.09. The lowest BCUT2D eigenvalue weighted by atomic mass is 10.1. The standard InChI is InChI=1S/C19H21N7O.HI/c1-20-19(21-9-8-13-11-22-15-6-3-2-5-14(13)15)23-12-17-24-18(26-25-17)16-7-4-10-27-16;/h2-7,10-11,22H,8-9,12H2,1H3,(H2,20,21,23)(H,24,25,26);1H. The van der Waals surface area contributed by atoms with E-state index in [-0.39, 0.29) is 24.0 Å². The average Bonchev–Trinajstić information content (AvgIpc) is 3.45. The van der Waals surface area contributed by atoms with Gasteiger partial charge in [0.15, 0.2) is 11.7 Å². The first-order valence-electron chi connectivity index (χ1n) is 8.78. The van der Waals surface area contributed by atoms with Crippen LogP contribution in [0.15, 0.2) is 58.3 Å². The fourth-order valence-corrected chi connectivity index (χ4v) is 2.93. The average molecular weight is 491 g/mol. The van der Waals surface area contributed by atoms with E-state index in [1.165, 1.54) is 10.9 Å². The molecule has 4 aromatic rings. The van der Waals surface area contributed by atoms with Gasteiger partial charge in [0, 0.05) is 30.7 Å². The lowest BCUT2D eigenvalue weighted by Gasteiger charge is -2.10. The predicted molar refractivity (Wildman–Crippen MR) is 120 cm³/mol. The minimum absolute atomic E-state index is 0. The van der Waals surface area contributed by atoms with Crippen LogP contribution in [-0.4, -0.2) is 39.7 Å². The van der Waals surface area contributed by atoms with Gasteiger partial charge in [-0.15, -0.1) is 29.1 Å². The van der Waals surface area contributed by atoms with Crippen LogP contribution in [0, 0.1) is 0 Å². The summed E-state index contributed by atoms with van der Waals surface area (Å²) in [5.74, 6) is 2.60. The molecule has 0 bridgehead atoms. The maximum atomic E-state index is 5.29. The number of hydrogen-bond acceptors (Lipinski definition) is 4. The number of nitrogens with zero attached hydrogens (tertiary/aromatic N) is 3. The largest absolute Gasteiger partial charge is 0.461 e. The first-order chi connectivity index (χ1) is 13.3. The number of aliphatic imine (C=N–C) groups is 1. The van der Waals surface area contributed by atoms with E-state index in [0.717, 1.165) is 18.5 Å². The molecule has 4 rings (SSSR count). The topological polar surface area (TPSA) is 107 Å². The number of hydrogen-bond donors (Lipinski definition) is 4. The van der Waals surface area contributed by atoms with Crippen LogP contribution >= 0.6 is 24.0 Å². The van der Waals surface area contributed by atoms with E-state index in [1.807, 2.05) is 18.2 Å². The summed E-state index contributed by atoms with van der Waals surface area (Å²) in [7, 11) is 1.75. The maximum Gasteiger partial charge on any atom is 0.216 e. The Kier molecular flexibility index (Phi) is 6.69. The highest BCUT2D eigenvalue weighted by molar-refractivity contribution is 14.0. The smallest absolute Gasteiger partial charge is 0.216 e. The van der Waals surface area contributed by atoms with Crippen LogP contribution in [0.25, 0.3) is 22.5 Å². The Labute approximate surface area is 179 Å². The zero-order valence-electron chi connectivity index (χ0n) is 15.4. The van der Waals surface area contributed by atoms with E-state index in [4.69, 9.17) is 4.42 Å². The molecule has 0 aliphatic rings. The minimum atomic E-state index is 0. The fraction of sp³-hybridized carbons (Fsp3) is 0.211. The van der Waals surface area contributed by atoms with Crippen LogP contribution in [-0.2, 0) is 13.0 Å². The van der Waals surface area contributed by atoms with Gasteiger partial charge in [0.05, 0.1) is 12.8 Å². The summed E-state index contributed by atoms with van der Waals surface area (Å²) in [4.78, 5) is 12.0. The van der Waals surface area contributed by atoms with Gasteiger partial charge in [-0.3, -0.25) is 10.1 Å². The zero-order chi connectivity index (χ0) is 18.5. The predicted octanol–water partition coefficient (Wildman–Crippen LogP) is 3.07. The molecule has 146 valence electrons. The molecule has 0 aliphatic heterocycles. The summed E-state index contributed by atoms with van der Waals surface area (Å²) in [6.07, 6.45) is 4.56. The van der Waals surface area contributed by atoms with Crippen LogP contribution in [0.1, 0.15) is 11.4 Å². The molecule has 3 heterocycles. The first-order valence-corrected chi connectivity index (χ1v) is 8.78. The Hall–Kier alpha value is -2.82. The van der Waals surface area contributed by atoms with Gasteiger partial charge in [0.1, 0.15) is 5.82 Å². The van der Waals surface area contributed by atoms with Gasteiger partial charge in [0.25, 0.3) is 0 Å². The van der Waals surface area contributed by atoms with Crippen molar-refractivity contribution in [3.05, 3.63) is 60.2 Å². The third kappa shape index (κ3) is 4.53. The second-order valence-corrected chi connectivity index (χ2v) is 6.05. The van der Waals surface area contributed by atoms with Crippen molar-refractivity contribution in [1.29, 1.82) is 0 Å². The first kappa shape index (κ1) is 19.9. The number of benzene rings is 1. The van der Waals surface area contributed by atoms with E-state index in [2.05, 4.69) is 60.2 Å². The second-order valence-electron chi connectivity index (χ2n) is 6.05. The normalized spacial score (nSPS) is 11.4. The highest BCUT2D eigenvalue weighted by atomic mass is 127. The number of fused-ring (bicyclic) bond motifs is 1. The van der Waals surface area contributed by atoms with Gasteiger partial charge in [-0.2, -0.15) is 0 Å². The molecule has 0 unspecified atom stereocenters. The molecular formula is C19H22IN7O. The summed E-state index contributed by atoms with van der Waals surface area (Å²) < 4.78 is 5.29. The van der Waals surface area contributed by atoms with Crippen molar-refractivity contribution in [2.75, 3.05) is 13.6 Å². The quantitative estimate of drug-likeness (QED) is 0.189. The van der Waals surface area contributed by atoms with Gasteiger partial charge in [-0.25, -0.2) is 4.98 Å². The van der Waals surface area contributed by atoms with Crippen molar-refractivity contribution in [2.24, 2.45) is 4.99 Å². The molecule has 8 nitrogen and oxygen atoms in total. The Bertz CT molecular complexity index is 1040. The molecule has 0 saturated heterocycles. The zero-order valence-corrected chi connectivity index (χ0v) is 17.7. The Morgan fingerprint density at radius 2 is 2.07 bits per heavy atom. The summed E-state index contributed by atoms with van der Waals surface area (Å²) in [5, 5.41) is 14.9. The summed E-state index contributed by atoms with van der Waals surface area (Å²) in [6, 6.07) is 11.9. The van der Waals surface area contributed by atoms with Crippen LogP contribution in [0.5, 0.6) is 0 Å². The highest BCUT2D eigenvalue weighted by Crippen LogP contribution is 2.17. The van der Waals surface area contributed by atoms with Crippen LogP contribution in [0.4, 0.5) is 0 Å². The molecule has 9 heteroatoms. The van der Waals surface area contributed by atoms with Crippen LogP contribution < -0.4 is 10.6 Å². The van der Waals surface area contributed by atoms with Gasteiger partial charge in [-0.05, 0) is 30.2 Å². The van der Waals surface area contributed by atoms with Crippen molar-refractivity contribution < 1.29 is 4.42 Å². The molecule has 28 heavy (non-hydrogen) atoms. The molecule has 0 spiro atoms. The van der Waals surface area contributed by atoms with Crippen molar-refractivity contribution in [3.63, 3.8) is 0 Å². The maximum absolute atomic E-state index is 5.29. The number of para-hydroxylation sites is 1. The molecule has 0 aliphatic carbocycles. The van der Waals surface area contributed by atoms with Crippen molar-refractivity contribution in [2.45, 2.75) is 13.0 Å². The minimum Gasteiger partial charge on any atom is -0.461 e. The van der Waals surface area contributed by atoms with E-state index in [1.54, 1.807) is 13.3 Å². The van der Waals surface area contributed by atoms with E-state index < -0.39 is 0 Å². The number of aromatic nitrogens is 4. The third-order valence-electron chi connectivity index (χ3n) is 4.28. The van der Waals surface area contributed by atoms with Gasteiger partial charge < -0.3 is 20.0 Å². The molecule has 0 atom stereocenters.